The predicted molar refractivity (Wildman–Crippen MR) is 135 cm³/mol. The number of carbonyl (C=O) groups is 1. The maximum Gasteiger partial charge on any atom is 0.270 e. The molecule has 0 bridgehead atoms. The Morgan fingerprint density at radius 2 is 1.68 bits per heavy atom. The van der Waals surface area contributed by atoms with Crippen LogP contribution in [0.2, 0.25) is 5.02 Å². The second kappa shape index (κ2) is 10.2. The maximum absolute atomic E-state index is 13.7. The van der Waals surface area contributed by atoms with E-state index in [1.165, 1.54) is 10.4 Å². The Bertz CT molecular complexity index is 1350. The smallest absolute Gasteiger partial charge is 0.270 e. The number of anilines is 1. The number of rotatable bonds is 8. The molecule has 0 aliphatic carbocycles. The van der Waals surface area contributed by atoms with Crippen LogP contribution in [0.4, 0.5) is 5.69 Å². The van der Waals surface area contributed by atoms with Gasteiger partial charge in [0.15, 0.2) is 4.91 Å². The molecule has 0 saturated heterocycles. The highest BCUT2D eigenvalue weighted by atomic mass is 35.5. The first-order valence-corrected chi connectivity index (χ1v) is 12.4. The monoisotopic (exact) mass is 494 g/mol. The van der Waals surface area contributed by atoms with E-state index in [2.05, 4.69) is 11.9 Å². The van der Waals surface area contributed by atoms with Crippen molar-refractivity contribution >= 4 is 38.8 Å². The van der Waals surface area contributed by atoms with Crippen LogP contribution in [0.5, 0.6) is 5.75 Å². The standard InChI is InChI=1S/C26H23ClN2O4S/c1-2-17-29-22-14-8-6-12-20(22)24(19-10-4-3-5-11-19)25(34(29,31)32)26(30)28-16-18-33-23-15-9-7-13-21(23)27/h2-15H,1,16-18H2,(H,28,30). The molecule has 3 aromatic rings. The Hall–Kier alpha value is -3.55. The first kappa shape index (κ1) is 23.6. The van der Waals surface area contributed by atoms with Gasteiger partial charge in [-0.1, -0.05) is 78.3 Å². The number of benzene rings is 3. The van der Waals surface area contributed by atoms with E-state index in [1.807, 2.05) is 18.2 Å². The molecule has 8 heteroatoms. The first-order chi connectivity index (χ1) is 16.4. The Labute approximate surface area is 204 Å². The van der Waals surface area contributed by atoms with Crippen molar-refractivity contribution in [2.45, 2.75) is 0 Å². The number of carbonyl (C=O) groups excluding carboxylic acids is 1. The highest BCUT2D eigenvalue weighted by Gasteiger charge is 2.40. The van der Waals surface area contributed by atoms with Crippen LogP contribution in [0, 0.1) is 0 Å². The van der Waals surface area contributed by atoms with Gasteiger partial charge in [-0.2, -0.15) is 0 Å². The summed E-state index contributed by atoms with van der Waals surface area (Å²) in [6, 6.07) is 23.2. The molecule has 0 unspecified atom stereocenters. The van der Waals surface area contributed by atoms with Crippen LogP contribution < -0.4 is 14.4 Å². The van der Waals surface area contributed by atoms with Crippen LogP contribution in [-0.2, 0) is 14.8 Å². The van der Waals surface area contributed by atoms with Gasteiger partial charge in [0.05, 0.1) is 23.8 Å². The molecule has 1 aliphatic rings. The Kier molecular flexibility index (Phi) is 7.05. The molecule has 0 aromatic heterocycles. The summed E-state index contributed by atoms with van der Waals surface area (Å²) in [6.45, 7) is 3.94. The van der Waals surface area contributed by atoms with E-state index >= 15 is 0 Å². The number of nitrogens with one attached hydrogen (secondary N) is 1. The lowest BCUT2D eigenvalue weighted by molar-refractivity contribution is -0.116. The molecule has 4 rings (SSSR count). The van der Waals surface area contributed by atoms with E-state index < -0.39 is 15.9 Å². The summed E-state index contributed by atoms with van der Waals surface area (Å²) < 4.78 is 34.2. The zero-order chi connectivity index (χ0) is 24.1. The van der Waals surface area contributed by atoms with Gasteiger partial charge < -0.3 is 10.1 Å². The van der Waals surface area contributed by atoms with Crippen molar-refractivity contribution < 1.29 is 17.9 Å². The van der Waals surface area contributed by atoms with Crippen molar-refractivity contribution in [1.82, 2.24) is 5.32 Å². The number of fused-ring (bicyclic) bond motifs is 1. The van der Waals surface area contributed by atoms with Crippen molar-refractivity contribution in [1.29, 1.82) is 0 Å². The van der Waals surface area contributed by atoms with Crippen LogP contribution >= 0.6 is 11.6 Å². The van der Waals surface area contributed by atoms with Crippen molar-refractivity contribution in [2.24, 2.45) is 0 Å². The van der Waals surface area contributed by atoms with Gasteiger partial charge in [0.1, 0.15) is 12.4 Å². The van der Waals surface area contributed by atoms with Crippen LogP contribution in [-0.4, -0.2) is 34.0 Å². The van der Waals surface area contributed by atoms with Crippen molar-refractivity contribution in [2.75, 3.05) is 24.0 Å². The summed E-state index contributed by atoms with van der Waals surface area (Å²) in [6.07, 6.45) is 1.49. The molecule has 3 aromatic carbocycles. The second-order valence-electron chi connectivity index (χ2n) is 7.45. The summed E-state index contributed by atoms with van der Waals surface area (Å²) in [5, 5.41) is 3.15. The molecular weight excluding hydrogens is 472 g/mol. The Morgan fingerprint density at radius 3 is 2.41 bits per heavy atom. The topological polar surface area (TPSA) is 75.7 Å². The van der Waals surface area contributed by atoms with Gasteiger partial charge in [0.2, 0.25) is 0 Å². The maximum atomic E-state index is 13.7. The highest BCUT2D eigenvalue weighted by molar-refractivity contribution is 7.97. The lowest BCUT2D eigenvalue weighted by Crippen LogP contribution is -2.42. The molecular formula is C26H23ClN2O4S. The normalized spacial score (nSPS) is 14.3. The van der Waals surface area contributed by atoms with Crippen LogP contribution in [0.1, 0.15) is 11.1 Å². The van der Waals surface area contributed by atoms with Crippen LogP contribution in [0.25, 0.3) is 5.57 Å². The zero-order valence-corrected chi connectivity index (χ0v) is 19.9. The number of hydrogen-bond acceptors (Lipinski definition) is 4. The fourth-order valence-corrected chi connectivity index (χ4v) is 5.72. The molecule has 0 fully saturated rings. The van der Waals surface area contributed by atoms with E-state index in [0.717, 1.165) is 0 Å². The summed E-state index contributed by atoms with van der Waals surface area (Å²) in [7, 11) is -4.16. The minimum atomic E-state index is -4.16. The minimum absolute atomic E-state index is 0.0355. The van der Waals surface area contributed by atoms with Gasteiger partial charge in [0.25, 0.3) is 15.9 Å². The number of para-hydroxylation sites is 2. The molecule has 174 valence electrons. The molecule has 1 amide bonds. The summed E-state index contributed by atoms with van der Waals surface area (Å²) >= 11 is 6.09. The fourth-order valence-electron chi connectivity index (χ4n) is 3.80. The van der Waals surface area contributed by atoms with E-state index in [1.54, 1.807) is 60.7 Å². The van der Waals surface area contributed by atoms with E-state index in [0.29, 0.717) is 33.2 Å². The molecule has 1 heterocycles. The van der Waals surface area contributed by atoms with Crippen molar-refractivity contribution in [3.05, 3.63) is 113 Å². The van der Waals surface area contributed by atoms with Gasteiger partial charge in [0, 0.05) is 11.1 Å². The van der Waals surface area contributed by atoms with Crippen LogP contribution in [0.15, 0.2) is 96.4 Å². The largest absolute Gasteiger partial charge is 0.490 e. The number of sulfonamides is 1. The molecule has 1 aliphatic heterocycles. The lowest BCUT2D eigenvalue weighted by atomic mass is 9.95. The third kappa shape index (κ3) is 4.58. The van der Waals surface area contributed by atoms with E-state index in [9.17, 15) is 13.2 Å². The number of amides is 1. The van der Waals surface area contributed by atoms with E-state index in [-0.39, 0.29) is 24.6 Å². The van der Waals surface area contributed by atoms with Gasteiger partial charge >= 0.3 is 0 Å². The zero-order valence-electron chi connectivity index (χ0n) is 18.3. The average Bonchev–Trinajstić information content (AvgIpc) is 2.84. The summed E-state index contributed by atoms with van der Waals surface area (Å²) in [4.78, 5) is 13.0. The molecule has 0 spiro atoms. The van der Waals surface area contributed by atoms with E-state index in [4.69, 9.17) is 16.3 Å². The average molecular weight is 495 g/mol. The van der Waals surface area contributed by atoms with Gasteiger partial charge in [-0.3, -0.25) is 9.10 Å². The predicted octanol–water partition coefficient (Wildman–Crippen LogP) is 4.63. The fraction of sp³-hybridized carbons (Fsp3) is 0.115. The molecule has 6 nitrogen and oxygen atoms in total. The van der Waals surface area contributed by atoms with Crippen molar-refractivity contribution in [3.8, 4) is 5.75 Å². The second-order valence-corrected chi connectivity index (χ2v) is 9.65. The SMILES string of the molecule is C=CCN1c2ccccc2C(c2ccccc2)=C(C(=O)NCCOc2ccccc2Cl)S1(=O)=O. The third-order valence-corrected chi connectivity index (χ3v) is 7.41. The first-order valence-electron chi connectivity index (χ1n) is 10.6. The number of ether oxygens (including phenoxy) is 1. The van der Waals surface area contributed by atoms with Gasteiger partial charge in [-0.15, -0.1) is 6.58 Å². The summed E-state index contributed by atoms with van der Waals surface area (Å²) in [5.74, 6) is -0.218. The molecule has 0 saturated carbocycles. The highest BCUT2D eigenvalue weighted by Crippen LogP contribution is 2.42. The lowest BCUT2D eigenvalue weighted by Gasteiger charge is -2.32. The molecule has 0 atom stereocenters. The molecule has 0 radical (unpaired) electrons. The number of nitrogens with zero attached hydrogens (tertiary/aromatic N) is 1. The van der Waals surface area contributed by atoms with Gasteiger partial charge in [-0.25, -0.2) is 8.42 Å². The Balaban J connectivity index is 1.71. The quantitative estimate of drug-likeness (QED) is 0.366. The minimum Gasteiger partial charge on any atom is -0.490 e. The van der Waals surface area contributed by atoms with Gasteiger partial charge in [-0.05, 0) is 23.8 Å². The Morgan fingerprint density at radius 1 is 1.00 bits per heavy atom. The summed E-state index contributed by atoms with van der Waals surface area (Å²) in [5.41, 5.74) is 2.15. The van der Waals surface area contributed by atoms with Crippen LogP contribution in [0.3, 0.4) is 0 Å². The molecule has 1 N–H and O–H groups in total. The number of halogens is 1. The van der Waals surface area contributed by atoms with Crippen molar-refractivity contribution in [3.63, 3.8) is 0 Å². The third-order valence-electron chi connectivity index (χ3n) is 5.26. The number of hydrogen-bond donors (Lipinski definition) is 1. The molecule has 34 heavy (non-hydrogen) atoms.